The highest BCUT2D eigenvalue weighted by molar-refractivity contribution is 5.95. The predicted molar refractivity (Wildman–Crippen MR) is 87.3 cm³/mol. The molecule has 2 aromatic heterocycles. The van der Waals surface area contributed by atoms with Crippen molar-refractivity contribution in [2.45, 2.75) is 50.5 Å². The molecule has 2 aromatic rings. The van der Waals surface area contributed by atoms with Crippen LogP contribution in [0.25, 0.3) is 11.0 Å². The molecule has 0 amide bonds. The van der Waals surface area contributed by atoms with E-state index in [-0.39, 0.29) is 17.9 Å². The van der Waals surface area contributed by atoms with Crippen LogP contribution >= 0.6 is 0 Å². The first kappa shape index (κ1) is 14.6. The summed E-state index contributed by atoms with van der Waals surface area (Å²) in [5.74, 6) is 0.690. The third kappa shape index (κ3) is 2.51. The van der Waals surface area contributed by atoms with Crippen LogP contribution in [0.15, 0.2) is 12.1 Å². The summed E-state index contributed by atoms with van der Waals surface area (Å²) >= 11 is 0. The third-order valence-electron chi connectivity index (χ3n) is 5.11. The number of fused-ring (bicyclic) bond motifs is 1. The molecule has 2 aliphatic carbocycles. The Bertz CT molecular complexity index is 750. The molecule has 2 aliphatic rings. The summed E-state index contributed by atoms with van der Waals surface area (Å²) in [6, 6.07) is 3.95. The first-order chi connectivity index (χ1) is 11.2. The van der Waals surface area contributed by atoms with Gasteiger partial charge in [-0.3, -0.25) is 4.79 Å². The lowest BCUT2D eigenvalue weighted by Crippen LogP contribution is -2.36. The van der Waals surface area contributed by atoms with Gasteiger partial charge in [0.05, 0.1) is 17.4 Å². The fraction of sp³-hybridized carbons (Fsp3) is 0.588. The molecule has 2 N–H and O–H groups in total. The zero-order chi connectivity index (χ0) is 16.0. The number of nitrogens with zero attached hydrogens (tertiary/aromatic N) is 3. The Kier molecular flexibility index (Phi) is 3.56. The first-order valence-electron chi connectivity index (χ1n) is 8.41. The highest BCUT2D eigenvalue weighted by Gasteiger charge is 2.34. The molecule has 6 nitrogen and oxygen atoms in total. The molecule has 122 valence electrons. The summed E-state index contributed by atoms with van der Waals surface area (Å²) in [5, 5.41) is 5.04. The molecular weight excluding hydrogens is 292 g/mol. The topological polar surface area (TPSA) is 83.0 Å². The van der Waals surface area contributed by atoms with Gasteiger partial charge in [-0.15, -0.1) is 5.10 Å². The second-order valence-electron chi connectivity index (χ2n) is 6.68. The molecular formula is C17H22N4O2. The molecule has 2 saturated carbocycles. The van der Waals surface area contributed by atoms with E-state index in [1.807, 2.05) is 12.1 Å². The molecule has 0 saturated heterocycles. The van der Waals surface area contributed by atoms with Crippen molar-refractivity contribution in [3.8, 4) is 0 Å². The number of hydrogen-bond donors (Lipinski definition) is 1. The van der Waals surface area contributed by atoms with Crippen molar-refractivity contribution in [2.75, 3.05) is 12.8 Å². The number of carbonyl (C=O) groups excluding carboxylic acids is 1. The van der Waals surface area contributed by atoms with Crippen LogP contribution < -0.4 is 5.73 Å². The number of anilines is 1. The number of methoxy groups -OCH3 is 1. The van der Waals surface area contributed by atoms with Gasteiger partial charge in [0, 0.05) is 18.7 Å². The largest absolute Gasteiger partial charge is 0.382 e. The van der Waals surface area contributed by atoms with Crippen molar-refractivity contribution in [3.63, 3.8) is 0 Å². The van der Waals surface area contributed by atoms with E-state index in [4.69, 9.17) is 10.5 Å². The lowest BCUT2D eigenvalue weighted by atomic mass is 9.86. The van der Waals surface area contributed by atoms with Crippen LogP contribution in [0.5, 0.6) is 0 Å². The summed E-state index contributed by atoms with van der Waals surface area (Å²) in [5.41, 5.74) is 7.63. The molecule has 23 heavy (non-hydrogen) atoms. The fourth-order valence-electron chi connectivity index (χ4n) is 3.61. The second-order valence-corrected chi connectivity index (χ2v) is 6.68. The Morgan fingerprint density at radius 3 is 2.78 bits per heavy atom. The average Bonchev–Trinajstić information content (AvgIpc) is 3.39. The van der Waals surface area contributed by atoms with Crippen LogP contribution in [-0.2, 0) is 4.74 Å². The van der Waals surface area contributed by atoms with Crippen molar-refractivity contribution in [3.05, 3.63) is 17.8 Å². The third-order valence-corrected chi connectivity index (χ3v) is 5.11. The minimum atomic E-state index is -0.164. The highest BCUT2D eigenvalue weighted by atomic mass is 16.5. The summed E-state index contributed by atoms with van der Waals surface area (Å²) in [6.45, 7) is 0. The van der Waals surface area contributed by atoms with E-state index >= 15 is 0 Å². The average molecular weight is 314 g/mol. The molecule has 6 heteroatoms. The molecule has 0 aromatic carbocycles. The second kappa shape index (κ2) is 5.60. The lowest BCUT2D eigenvalue weighted by Gasteiger charge is -2.28. The van der Waals surface area contributed by atoms with E-state index in [0.717, 1.165) is 36.8 Å². The summed E-state index contributed by atoms with van der Waals surface area (Å²) < 4.78 is 6.94. The van der Waals surface area contributed by atoms with Gasteiger partial charge >= 0.3 is 0 Å². The molecule has 0 spiro atoms. The van der Waals surface area contributed by atoms with Gasteiger partial charge in [0.25, 0.3) is 5.91 Å². The smallest absolute Gasteiger partial charge is 0.254 e. The minimum Gasteiger partial charge on any atom is -0.382 e. The van der Waals surface area contributed by atoms with Gasteiger partial charge in [0.1, 0.15) is 0 Å². The van der Waals surface area contributed by atoms with Crippen LogP contribution in [0.2, 0.25) is 0 Å². The molecule has 2 heterocycles. The number of ether oxygens (including phenoxy) is 1. The van der Waals surface area contributed by atoms with E-state index in [9.17, 15) is 4.79 Å². The van der Waals surface area contributed by atoms with Crippen molar-refractivity contribution in [1.82, 2.24) is 14.8 Å². The summed E-state index contributed by atoms with van der Waals surface area (Å²) in [7, 11) is 1.68. The standard InChI is InChI=1S/C17H22N4O2/c1-23-14-5-3-2-4-11(14)17(22)21-16-12(15(18)20-21)8-9-13(19-16)10-6-7-10/h8-11,14H,2-7H2,1H3,(H2,18,20). The van der Waals surface area contributed by atoms with Gasteiger partial charge < -0.3 is 10.5 Å². The molecule has 2 atom stereocenters. The predicted octanol–water partition coefficient (Wildman–Crippen LogP) is 2.74. The van der Waals surface area contributed by atoms with Gasteiger partial charge in [0.2, 0.25) is 0 Å². The maximum absolute atomic E-state index is 13.0. The van der Waals surface area contributed by atoms with Crippen molar-refractivity contribution in [2.24, 2.45) is 5.92 Å². The van der Waals surface area contributed by atoms with Gasteiger partial charge in [-0.25, -0.2) is 4.98 Å². The van der Waals surface area contributed by atoms with Crippen LogP contribution in [0.1, 0.15) is 54.9 Å². The SMILES string of the molecule is COC1CCCCC1C(=O)n1nc(N)c2ccc(C3CC3)nc21. The Morgan fingerprint density at radius 2 is 2.04 bits per heavy atom. The molecule has 0 bridgehead atoms. The maximum atomic E-state index is 13.0. The number of nitrogens with two attached hydrogens (primary N) is 1. The van der Waals surface area contributed by atoms with E-state index in [1.165, 1.54) is 17.5 Å². The maximum Gasteiger partial charge on any atom is 0.254 e. The van der Waals surface area contributed by atoms with E-state index in [2.05, 4.69) is 10.1 Å². The molecule has 4 rings (SSSR count). The number of rotatable bonds is 3. The quantitative estimate of drug-likeness (QED) is 0.942. The number of aromatic nitrogens is 3. The lowest BCUT2D eigenvalue weighted by molar-refractivity contribution is 0.0184. The Morgan fingerprint density at radius 1 is 1.26 bits per heavy atom. The number of hydrogen-bond acceptors (Lipinski definition) is 5. The van der Waals surface area contributed by atoms with E-state index in [1.54, 1.807) is 7.11 Å². The van der Waals surface area contributed by atoms with Crippen molar-refractivity contribution >= 4 is 22.8 Å². The van der Waals surface area contributed by atoms with Crippen LogP contribution in [-0.4, -0.2) is 33.9 Å². The Hall–Kier alpha value is -1.95. The minimum absolute atomic E-state index is 0.0386. The Balaban J connectivity index is 1.74. The number of pyridine rings is 1. The molecule has 2 unspecified atom stereocenters. The van der Waals surface area contributed by atoms with Gasteiger partial charge in [-0.2, -0.15) is 4.68 Å². The molecule has 2 fully saturated rings. The highest BCUT2D eigenvalue weighted by Crippen LogP contribution is 2.40. The van der Waals surface area contributed by atoms with E-state index < -0.39 is 0 Å². The fourth-order valence-corrected chi connectivity index (χ4v) is 3.61. The zero-order valence-corrected chi connectivity index (χ0v) is 13.4. The van der Waals surface area contributed by atoms with Gasteiger partial charge in [-0.1, -0.05) is 12.8 Å². The molecule has 0 aliphatic heterocycles. The molecule has 0 radical (unpaired) electrons. The first-order valence-corrected chi connectivity index (χ1v) is 8.41. The monoisotopic (exact) mass is 314 g/mol. The number of carbonyl (C=O) groups is 1. The Labute approximate surface area is 135 Å². The van der Waals surface area contributed by atoms with Crippen LogP contribution in [0.3, 0.4) is 0 Å². The zero-order valence-electron chi connectivity index (χ0n) is 13.4. The van der Waals surface area contributed by atoms with Gasteiger partial charge in [0.15, 0.2) is 11.5 Å². The van der Waals surface area contributed by atoms with Gasteiger partial charge in [-0.05, 0) is 37.8 Å². The normalized spacial score (nSPS) is 24.9. The summed E-state index contributed by atoms with van der Waals surface area (Å²) in [4.78, 5) is 17.7. The van der Waals surface area contributed by atoms with Crippen LogP contribution in [0.4, 0.5) is 5.82 Å². The van der Waals surface area contributed by atoms with Crippen molar-refractivity contribution < 1.29 is 9.53 Å². The van der Waals surface area contributed by atoms with Crippen LogP contribution in [0, 0.1) is 5.92 Å². The van der Waals surface area contributed by atoms with Crippen molar-refractivity contribution in [1.29, 1.82) is 0 Å². The van der Waals surface area contributed by atoms with E-state index in [0.29, 0.717) is 17.4 Å². The number of nitrogen functional groups attached to an aromatic ring is 1. The summed E-state index contributed by atoms with van der Waals surface area (Å²) in [6.07, 6.45) is 6.21.